The Bertz CT molecular complexity index is 3140. The summed E-state index contributed by atoms with van der Waals surface area (Å²) >= 11 is 0. The Kier molecular flexibility index (Phi) is 7.27. The van der Waals surface area contributed by atoms with E-state index in [1.807, 2.05) is 18.2 Å². The number of nitrogens with zero attached hydrogens (tertiary/aromatic N) is 3. The van der Waals surface area contributed by atoms with E-state index in [1.54, 1.807) is 0 Å². The van der Waals surface area contributed by atoms with Crippen LogP contribution in [0.5, 0.6) is 0 Å². The van der Waals surface area contributed by atoms with Gasteiger partial charge in [0.05, 0.1) is 0 Å². The molecule has 0 radical (unpaired) electrons. The van der Waals surface area contributed by atoms with Crippen molar-refractivity contribution in [1.82, 2.24) is 15.0 Å². The van der Waals surface area contributed by atoms with Gasteiger partial charge < -0.3 is 4.42 Å². The molecule has 0 unspecified atom stereocenters. The summed E-state index contributed by atoms with van der Waals surface area (Å²) in [5, 5.41) is 8.18. The molecule has 10 aromatic rings. The van der Waals surface area contributed by atoms with E-state index in [0.29, 0.717) is 17.5 Å². The maximum Gasteiger partial charge on any atom is 0.165 e. The van der Waals surface area contributed by atoms with Gasteiger partial charge in [0.25, 0.3) is 0 Å². The van der Waals surface area contributed by atoms with Crippen LogP contribution in [0.1, 0.15) is 17.7 Å². The molecule has 1 aliphatic carbocycles. The van der Waals surface area contributed by atoms with Crippen molar-refractivity contribution in [3.8, 4) is 56.4 Å². The second kappa shape index (κ2) is 12.8. The third kappa shape index (κ3) is 5.42. The molecule has 258 valence electrons. The molecular weight excluding hydrogens is 671 g/mol. The molecule has 4 heteroatoms. The van der Waals surface area contributed by atoms with Gasteiger partial charge in [-0.3, -0.25) is 0 Å². The Morgan fingerprint density at radius 1 is 0.436 bits per heavy atom. The maximum atomic E-state index is 6.57. The predicted molar refractivity (Wildman–Crippen MR) is 227 cm³/mol. The Morgan fingerprint density at radius 2 is 1.07 bits per heavy atom. The van der Waals surface area contributed by atoms with E-state index in [0.717, 1.165) is 68.3 Å². The number of hydrogen-bond acceptors (Lipinski definition) is 4. The van der Waals surface area contributed by atoms with Crippen molar-refractivity contribution in [2.75, 3.05) is 0 Å². The average molecular weight is 704 g/mol. The Labute approximate surface area is 318 Å². The molecule has 1 aliphatic rings. The molecule has 0 amide bonds. The lowest BCUT2D eigenvalue weighted by molar-refractivity contribution is 0.546. The van der Waals surface area contributed by atoms with Gasteiger partial charge in [0.15, 0.2) is 17.5 Å². The summed E-state index contributed by atoms with van der Waals surface area (Å²) in [6.07, 6.45) is 6.26. The molecule has 0 saturated heterocycles. The second-order valence-electron chi connectivity index (χ2n) is 14.3. The highest BCUT2D eigenvalue weighted by molar-refractivity contribution is 6.09. The summed E-state index contributed by atoms with van der Waals surface area (Å²) in [6, 6.07) is 57.9. The Balaban J connectivity index is 1.16. The number of fused-ring (bicyclic) bond motifs is 7. The summed E-state index contributed by atoms with van der Waals surface area (Å²) in [4.78, 5) is 15.8. The van der Waals surface area contributed by atoms with E-state index in [-0.39, 0.29) is 0 Å². The zero-order valence-corrected chi connectivity index (χ0v) is 29.9. The van der Waals surface area contributed by atoms with Crippen LogP contribution in [0.3, 0.4) is 0 Å². The van der Waals surface area contributed by atoms with E-state index in [1.165, 1.54) is 38.1 Å². The molecule has 0 bridgehead atoms. The molecule has 0 aliphatic heterocycles. The number of rotatable bonds is 5. The van der Waals surface area contributed by atoms with Gasteiger partial charge >= 0.3 is 0 Å². The minimum atomic E-state index is 0.615. The summed E-state index contributed by atoms with van der Waals surface area (Å²) < 4.78 is 6.57. The van der Waals surface area contributed by atoms with Gasteiger partial charge in [-0.15, -0.1) is 0 Å². The molecule has 11 rings (SSSR count). The lowest BCUT2D eigenvalue weighted by atomic mass is 9.91. The lowest BCUT2D eigenvalue weighted by Crippen LogP contribution is -2.02. The molecule has 0 atom stereocenters. The van der Waals surface area contributed by atoms with Crippen LogP contribution in [0, 0.1) is 0 Å². The molecule has 4 nitrogen and oxygen atoms in total. The first-order valence-electron chi connectivity index (χ1n) is 18.8. The van der Waals surface area contributed by atoms with Gasteiger partial charge in [-0.05, 0) is 91.3 Å². The van der Waals surface area contributed by atoms with Gasteiger partial charge in [-0.2, -0.15) is 0 Å². The minimum absolute atomic E-state index is 0.615. The summed E-state index contributed by atoms with van der Waals surface area (Å²) in [6.45, 7) is 0. The zero-order valence-electron chi connectivity index (χ0n) is 29.9. The molecule has 8 aromatic carbocycles. The number of furan rings is 1. The number of aryl methyl sites for hydroxylation is 1. The van der Waals surface area contributed by atoms with E-state index < -0.39 is 0 Å². The van der Waals surface area contributed by atoms with Crippen LogP contribution in [0.2, 0.25) is 0 Å². The summed E-state index contributed by atoms with van der Waals surface area (Å²) in [7, 11) is 0. The predicted octanol–water partition coefficient (Wildman–Crippen LogP) is 13.4. The first-order chi connectivity index (χ1) is 27.2. The van der Waals surface area contributed by atoms with Crippen LogP contribution in [0.4, 0.5) is 0 Å². The molecule has 0 N–H and O–H groups in total. The molecular formula is C51H33N3O. The number of allylic oxidation sites excluding steroid dienone is 1. The van der Waals surface area contributed by atoms with Crippen molar-refractivity contribution >= 4 is 49.4 Å². The largest absolute Gasteiger partial charge is 0.460 e. The highest BCUT2D eigenvalue weighted by Crippen LogP contribution is 2.44. The molecule has 0 saturated carbocycles. The Morgan fingerprint density at radius 3 is 1.93 bits per heavy atom. The molecule has 2 aromatic heterocycles. The van der Waals surface area contributed by atoms with E-state index in [4.69, 9.17) is 19.4 Å². The van der Waals surface area contributed by atoms with Crippen LogP contribution in [0.15, 0.2) is 174 Å². The summed E-state index contributed by atoms with van der Waals surface area (Å²) in [5.41, 5.74) is 9.27. The number of hydrogen-bond donors (Lipinski definition) is 0. The summed E-state index contributed by atoms with van der Waals surface area (Å²) in [5.74, 6) is 2.87. The zero-order chi connectivity index (χ0) is 36.3. The van der Waals surface area contributed by atoms with Crippen molar-refractivity contribution in [2.45, 2.75) is 12.8 Å². The van der Waals surface area contributed by atoms with Crippen molar-refractivity contribution in [2.24, 2.45) is 0 Å². The van der Waals surface area contributed by atoms with Crippen molar-refractivity contribution in [3.63, 3.8) is 0 Å². The van der Waals surface area contributed by atoms with Crippen LogP contribution in [-0.2, 0) is 6.42 Å². The number of benzene rings is 8. The van der Waals surface area contributed by atoms with E-state index >= 15 is 0 Å². The fourth-order valence-electron chi connectivity index (χ4n) is 8.22. The average Bonchev–Trinajstić information content (AvgIpc) is 3.65. The van der Waals surface area contributed by atoms with Crippen LogP contribution >= 0.6 is 0 Å². The molecule has 55 heavy (non-hydrogen) atoms. The third-order valence-electron chi connectivity index (χ3n) is 10.9. The van der Waals surface area contributed by atoms with Gasteiger partial charge in [-0.25, -0.2) is 15.0 Å². The van der Waals surface area contributed by atoms with Crippen LogP contribution in [0.25, 0.3) is 106 Å². The van der Waals surface area contributed by atoms with Gasteiger partial charge in [0.1, 0.15) is 11.3 Å². The molecule has 0 fully saturated rings. The van der Waals surface area contributed by atoms with E-state index in [2.05, 4.69) is 158 Å². The Hall–Kier alpha value is -7.17. The fraction of sp³-hybridized carbons (Fsp3) is 0.0392. The molecule has 0 spiro atoms. The van der Waals surface area contributed by atoms with Crippen molar-refractivity contribution in [3.05, 3.63) is 181 Å². The minimum Gasteiger partial charge on any atom is -0.460 e. The van der Waals surface area contributed by atoms with Crippen LogP contribution < -0.4 is 0 Å². The van der Waals surface area contributed by atoms with Gasteiger partial charge in [0, 0.05) is 34.1 Å². The van der Waals surface area contributed by atoms with E-state index in [9.17, 15) is 0 Å². The highest BCUT2D eigenvalue weighted by Gasteiger charge is 2.25. The topological polar surface area (TPSA) is 51.8 Å². The van der Waals surface area contributed by atoms with Crippen LogP contribution in [-0.4, -0.2) is 15.0 Å². The smallest absolute Gasteiger partial charge is 0.165 e. The first kappa shape index (κ1) is 31.4. The highest BCUT2D eigenvalue weighted by atomic mass is 16.3. The maximum absolute atomic E-state index is 6.57. The second-order valence-corrected chi connectivity index (χ2v) is 14.3. The van der Waals surface area contributed by atoms with Gasteiger partial charge in [-0.1, -0.05) is 146 Å². The molecule has 2 heterocycles. The first-order valence-corrected chi connectivity index (χ1v) is 18.8. The quantitative estimate of drug-likeness (QED) is 0.167. The fourth-order valence-corrected chi connectivity index (χ4v) is 8.22. The van der Waals surface area contributed by atoms with Gasteiger partial charge in [0.2, 0.25) is 0 Å². The standard InChI is InChI=1S/C51H33N3O/c1-3-11-32(12-4-1)36-22-19-33-20-23-38(31-40(33)29-36)43-27-28-46-47(44-17-9-10-18-45(44)55-46)48(43)51-53-49(35-14-5-2-6-15-35)52-50(54-51)39-25-26-42-37(30-39)24-21-34-13-7-8-16-41(34)42/h1-9,11-17,19-31H,10,18H2. The van der Waals surface area contributed by atoms with Crippen molar-refractivity contribution in [1.29, 1.82) is 0 Å². The third-order valence-corrected chi connectivity index (χ3v) is 10.9. The normalized spacial score (nSPS) is 12.5. The number of aromatic nitrogens is 3. The van der Waals surface area contributed by atoms with Crippen molar-refractivity contribution < 1.29 is 4.42 Å². The SMILES string of the molecule is C1=Cc2c(oc3ccc(-c4ccc5ccc(-c6ccccc6)cc5c4)c(-c4nc(-c5ccccc5)nc(-c5ccc6c(ccc7ccccc76)c5)n4)c23)CC1. The lowest BCUT2D eigenvalue weighted by Gasteiger charge is -2.15. The monoisotopic (exact) mass is 703 g/mol.